The molecule has 0 unspecified atom stereocenters. The maximum atomic E-state index is 12.9. The van der Waals surface area contributed by atoms with Gasteiger partial charge in [-0.2, -0.15) is 0 Å². The van der Waals surface area contributed by atoms with Crippen molar-refractivity contribution in [2.75, 3.05) is 19.5 Å². The average Bonchev–Trinajstić information content (AvgIpc) is 2.49. The molecule has 0 saturated heterocycles. The maximum absolute atomic E-state index is 12.9. The van der Waals surface area contributed by atoms with E-state index in [0.29, 0.717) is 18.5 Å². The summed E-state index contributed by atoms with van der Waals surface area (Å²) in [5, 5.41) is 3.22. The maximum Gasteiger partial charge on any atom is 0.331 e. The molecule has 110 valence electrons. The van der Waals surface area contributed by atoms with E-state index in [4.69, 9.17) is 9.47 Å². The van der Waals surface area contributed by atoms with Crippen LogP contribution in [0.15, 0.2) is 24.3 Å². The highest BCUT2D eigenvalue weighted by Gasteiger charge is 2.43. The predicted molar refractivity (Wildman–Crippen MR) is 74.0 cm³/mol. The number of ether oxygens (including phenoxy) is 2. The fraction of sp³-hybridized carbons (Fsp3) is 0.533. The molecule has 0 heterocycles. The van der Waals surface area contributed by atoms with E-state index in [9.17, 15) is 9.18 Å². The van der Waals surface area contributed by atoms with E-state index in [-0.39, 0.29) is 17.9 Å². The molecule has 0 aliphatic heterocycles. The van der Waals surface area contributed by atoms with Gasteiger partial charge in [0, 0.05) is 12.8 Å². The van der Waals surface area contributed by atoms with Crippen molar-refractivity contribution in [3.8, 4) is 0 Å². The van der Waals surface area contributed by atoms with E-state index >= 15 is 0 Å². The summed E-state index contributed by atoms with van der Waals surface area (Å²) in [6.45, 7) is 0. The van der Waals surface area contributed by atoms with Crippen LogP contribution in [0.3, 0.4) is 0 Å². The second kappa shape index (κ2) is 6.22. The highest BCUT2D eigenvalue weighted by molar-refractivity contribution is 5.84. The van der Waals surface area contributed by atoms with Crippen LogP contribution >= 0.6 is 0 Å². The van der Waals surface area contributed by atoms with Crippen molar-refractivity contribution in [3.05, 3.63) is 30.1 Å². The van der Waals surface area contributed by atoms with Crippen LogP contribution in [-0.2, 0) is 14.3 Å². The van der Waals surface area contributed by atoms with E-state index in [1.54, 1.807) is 19.2 Å². The Morgan fingerprint density at radius 2 is 1.85 bits per heavy atom. The molecule has 0 bridgehead atoms. The average molecular weight is 281 g/mol. The highest BCUT2D eigenvalue weighted by Crippen LogP contribution is 2.34. The Kier molecular flexibility index (Phi) is 4.60. The normalized spacial score (nSPS) is 26.1. The predicted octanol–water partition coefficient (Wildman–Crippen LogP) is 2.74. The molecule has 1 aromatic rings. The minimum Gasteiger partial charge on any atom is -0.467 e. The van der Waals surface area contributed by atoms with Gasteiger partial charge in [0.05, 0.1) is 13.2 Å². The zero-order chi connectivity index (χ0) is 14.6. The molecule has 0 amide bonds. The molecule has 0 aromatic heterocycles. The highest BCUT2D eigenvalue weighted by atomic mass is 19.1. The van der Waals surface area contributed by atoms with Crippen LogP contribution in [0.4, 0.5) is 10.1 Å². The van der Waals surface area contributed by atoms with Gasteiger partial charge >= 0.3 is 5.97 Å². The Morgan fingerprint density at radius 3 is 2.35 bits per heavy atom. The van der Waals surface area contributed by atoms with E-state index in [1.165, 1.54) is 19.2 Å². The van der Waals surface area contributed by atoms with Gasteiger partial charge < -0.3 is 14.8 Å². The Balaban J connectivity index is 2.16. The monoisotopic (exact) mass is 281 g/mol. The van der Waals surface area contributed by atoms with Gasteiger partial charge in [-0.15, -0.1) is 0 Å². The molecule has 1 fully saturated rings. The van der Waals surface area contributed by atoms with Gasteiger partial charge in [-0.05, 0) is 49.9 Å². The van der Waals surface area contributed by atoms with Gasteiger partial charge in [0.15, 0.2) is 0 Å². The smallest absolute Gasteiger partial charge is 0.331 e. The quantitative estimate of drug-likeness (QED) is 0.862. The van der Waals surface area contributed by atoms with Crippen molar-refractivity contribution in [3.63, 3.8) is 0 Å². The fourth-order valence-electron chi connectivity index (χ4n) is 2.70. The zero-order valence-corrected chi connectivity index (χ0v) is 11.8. The van der Waals surface area contributed by atoms with Crippen molar-refractivity contribution in [1.29, 1.82) is 0 Å². The van der Waals surface area contributed by atoms with Gasteiger partial charge in [0.1, 0.15) is 11.4 Å². The lowest BCUT2D eigenvalue weighted by atomic mass is 9.80. The lowest BCUT2D eigenvalue weighted by molar-refractivity contribution is -0.148. The summed E-state index contributed by atoms with van der Waals surface area (Å²) >= 11 is 0. The first-order valence-corrected chi connectivity index (χ1v) is 6.74. The number of hydrogen-bond acceptors (Lipinski definition) is 4. The lowest BCUT2D eigenvalue weighted by Crippen LogP contribution is -2.50. The van der Waals surface area contributed by atoms with E-state index < -0.39 is 5.54 Å². The molecule has 20 heavy (non-hydrogen) atoms. The van der Waals surface area contributed by atoms with E-state index in [1.807, 2.05) is 0 Å². The number of carbonyl (C=O) groups excluding carboxylic acids is 1. The third-order valence-corrected chi connectivity index (χ3v) is 3.92. The number of hydrogen-bond donors (Lipinski definition) is 1. The van der Waals surface area contributed by atoms with Crippen LogP contribution in [0.2, 0.25) is 0 Å². The number of methoxy groups -OCH3 is 2. The molecular weight excluding hydrogens is 261 g/mol. The van der Waals surface area contributed by atoms with E-state index in [0.717, 1.165) is 12.8 Å². The molecule has 1 aromatic carbocycles. The number of anilines is 1. The molecule has 0 atom stereocenters. The number of nitrogens with one attached hydrogen (secondary N) is 1. The number of rotatable bonds is 4. The molecular formula is C15H20FNO3. The number of benzene rings is 1. The molecule has 1 aliphatic rings. The van der Waals surface area contributed by atoms with E-state index in [2.05, 4.69) is 5.32 Å². The summed E-state index contributed by atoms with van der Waals surface area (Å²) in [5.41, 5.74) is -0.0330. The van der Waals surface area contributed by atoms with Crippen molar-refractivity contribution < 1.29 is 18.7 Å². The Hall–Kier alpha value is -1.62. The third-order valence-electron chi connectivity index (χ3n) is 3.92. The van der Waals surface area contributed by atoms with Gasteiger partial charge in [-0.1, -0.05) is 0 Å². The van der Waals surface area contributed by atoms with Crippen LogP contribution in [0.1, 0.15) is 25.7 Å². The lowest BCUT2D eigenvalue weighted by Gasteiger charge is -2.38. The van der Waals surface area contributed by atoms with Gasteiger partial charge in [-0.3, -0.25) is 0 Å². The largest absolute Gasteiger partial charge is 0.467 e. The number of esters is 1. The first-order chi connectivity index (χ1) is 9.59. The second-order valence-corrected chi connectivity index (χ2v) is 5.14. The summed E-state index contributed by atoms with van der Waals surface area (Å²) < 4.78 is 23.2. The molecule has 0 spiro atoms. The number of carbonyl (C=O) groups is 1. The van der Waals surface area contributed by atoms with Crippen molar-refractivity contribution >= 4 is 11.7 Å². The SMILES string of the molecule is COC(=O)C1(Nc2ccc(F)cc2)CCC(OC)CC1. The van der Waals surface area contributed by atoms with Crippen LogP contribution in [0.25, 0.3) is 0 Å². The number of halogens is 1. The summed E-state index contributed by atoms with van der Waals surface area (Å²) in [6.07, 6.45) is 3.04. The minimum atomic E-state index is -0.748. The molecule has 1 N–H and O–H groups in total. The standard InChI is InChI=1S/C15H20FNO3/c1-19-13-7-9-15(10-8-13,14(18)20-2)17-12-5-3-11(16)4-6-12/h3-6,13,17H,7-10H2,1-2H3. The topological polar surface area (TPSA) is 47.6 Å². The Labute approximate surface area is 118 Å². The molecule has 2 rings (SSSR count). The first-order valence-electron chi connectivity index (χ1n) is 6.74. The van der Waals surface area contributed by atoms with Gasteiger partial charge in [0.2, 0.25) is 0 Å². The van der Waals surface area contributed by atoms with Crippen molar-refractivity contribution in [2.24, 2.45) is 0 Å². The summed E-state index contributed by atoms with van der Waals surface area (Å²) in [6, 6.07) is 5.99. The Bertz CT molecular complexity index is 453. The van der Waals surface area contributed by atoms with Gasteiger partial charge in [0.25, 0.3) is 0 Å². The van der Waals surface area contributed by atoms with Crippen LogP contribution in [0.5, 0.6) is 0 Å². The zero-order valence-electron chi connectivity index (χ0n) is 11.8. The van der Waals surface area contributed by atoms with Crippen molar-refractivity contribution in [2.45, 2.75) is 37.3 Å². The second-order valence-electron chi connectivity index (χ2n) is 5.14. The molecule has 4 nitrogen and oxygen atoms in total. The van der Waals surface area contributed by atoms with Gasteiger partial charge in [-0.25, -0.2) is 9.18 Å². The van der Waals surface area contributed by atoms with Crippen LogP contribution < -0.4 is 5.32 Å². The molecule has 0 radical (unpaired) electrons. The fourth-order valence-corrected chi connectivity index (χ4v) is 2.70. The summed E-state index contributed by atoms with van der Waals surface area (Å²) in [4.78, 5) is 12.2. The minimum absolute atomic E-state index is 0.183. The molecule has 5 heteroatoms. The van der Waals surface area contributed by atoms with Crippen LogP contribution in [0, 0.1) is 5.82 Å². The van der Waals surface area contributed by atoms with Crippen LogP contribution in [-0.4, -0.2) is 31.8 Å². The third kappa shape index (κ3) is 3.10. The molecule has 1 aliphatic carbocycles. The first kappa shape index (κ1) is 14.8. The summed E-state index contributed by atoms with van der Waals surface area (Å²) in [7, 11) is 3.07. The summed E-state index contributed by atoms with van der Waals surface area (Å²) in [5.74, 6) is -0.581. The molecule has 1 saturated carbocycles. The Morgan fingerprint density at radius 1 is 1.25 bits per heavy atom. The van der Waals surface area contributed by atoms with Crippen molar-refractivity contribution in [1.82, 2.24) is 0 Å².